The lowest BCUT2D eigenvalue weighted by molar-refractivity contribution is -0.131. The predicted molar refractivity (Wildman–Crippen MR) is 79.8 cm³/mol. The van der Waals surface area contributed by atoms with Crippen LogP contribution in [0.2, 0.25) is 0 Å². The minimum Gasteiger partial charge on any atom is -0.341 e. The van der Waals surface area contributed by atoms with E-state index in [1.54, 1.807) is 0 Å². The van der Waals surface area contributed by atoms with E-state index in [1.807, 2.05) is 31.7 Å². The summed E-state index contributed by atoms with van der Waals surface area (Å²) in [4.78, 5) is 25.2. The van der Waals surface area contributed by atoms with Crippen molar-refractivity contribution >= 4 is 11.9 Å². The summed E-state index contributed by atoms with van der Waals surface area (Å²) >= 11 is 0. The zero-order valence-corrected chi connectivity index (χ0v) is 12.7. The monoisotopic (exact) mass is 276 g/mol. The van der Waals surface area contributed by atoms with Crippen molar-refractivity contribution in [3.8, 4) is 0 Å². The fraction of sp³-hybridized carbons (Fsp3) is 0.667. The molecule has 2 rings (SSSR count). The van der Waals surface area contributed by atoms with Crippen molar-refractivity contribution in [1.29, 1.82) is 0 Å². The number of carbonyl (C=O) groups excluding carboxylic acids is 1. The van der Waals surface area contributed by atoms with Crippen LogP contribution in [0.1, 0.15) is 37.6 Å². The molecular weight excluding hydrogens is 252 g/mol. The molecular formula is C15H24N4O. The molecule has 5 heteroatoms. The Labute approximate surface area is 121 Å². The van der Waals surface area contributed by atoms with Crippen LogP contribution in [0.15, 0.2) is 6.07 Å². The molecule has 1 amide bonds. The maximum atomic E-state index is 12.0. The van der Waals surface area contributed by atoms with Crippen LogP contribution in [0.3, 0.4) is 0 Å². The predicted octanol–water partition coefficient (Wildman–Crippen LogP) is 1.93. The molecule has 110 valence electrons. The Bertz CT molecular complexity index is 455. The molecule has 0 unspecified atom stereocenters. The van der Waals surface area contributed by atoms with Gasteiger partial charge in [-0.15, -0.1) is 0 Å². The van der Waals surface area contributed by atoms with E-state index in [0.717, 1.165) is 56.4 Å². The molecule has 0 aliphatic carbocycles. The number of nitrogens with zero attached hydrogens (tertiary/aromatic N) is 4. The van der Waals surface area contributed by atoms with Crippen LogP contribution in [0, 0.1) is 13.8 Å². The molecule has 20 heavy (non-hydrogen) atoms. The molecule has 1 saturated heterocycles. The first kappa shape index (κ1) is 14.8. The summed E-state index contributed by atoms with van der Waals surface area (Å²) in [5.41, 5.74) is 1.99. The molecule has 1 aromatic heterocycles. The smallest absolute Gasteiger partial charge is 0.225 e. The van der Waals surface area contributed by atoms with Crippen molar-refractivity contribution in [2.75, 3.05) is 31.1 Å². The number of hydrogen-bond acceptors (Lipinski definition) is 4. The van der Waals surface area contributed by atoms with Gasteiger partial charge in [-0.25, -0.2) is 9.97 Å². The number of aryl methyl sites for hydroxylation is 2. The lowest BCUT2D eigenvalue weighted by Crippen LogP contribution is -2.35. The van der Waals surface area contributed by atoms with E-state index in [2.05, 4.69) is 14.9 Å². The Hall–Kier alpha value is -1.65. The molecule has 1 aliphatic rings. The van der Waals surface area contributed by atoms with Crippen molar-refractivity contribution in [2.45, 2.75) is 40.0 Å². The highest BCUT2D eigenvalue weighted by atomic mass is 16.2. The third kappa shape index (κ3) is 3.68. The maximum Gasteiger partial charge on any atom is 0.225 e. The third-order valence-electron chi connectivity index (χ3n) is 3.57. The Morgan fingerprint density at radius 3 is 2.50 bits per heavy atom. The van der Waals surface area contributed by atoms with Gasteiger partial charge in [-0.1, -0.05) is 6.92 Å². The van der Waals surface area contributed by atoms with Gasteiger partial charge < -0.3 is 9.80 Å². The first-order chi connectivity index (χ1) is 9.60. The summed E-state index contributed by atoms with van der Waals surface area (Å²) in [5.74, 6) is 1.07. The average Bonchev–Trinajstić information content (AvgIpc) is 2.63. The van der Waals surface area contributed by atoms with Gasteiger partial charge >= 0.3 is 0 Å². The second kappa shape index (κ2) is 6.68. The van der Waals surface area contributed by atoms with Crippen molar-refractivity contribution in [2.24, 2.45) is 0 Å². The van der Waals surface area contributed by atoms with Crippen molar-refractivity contribution < 1.29 is 4.79 Å². The SMILES string of the molecule is CCCC(=O)N1CCCN(c2nc(C)cc(C)n2)CC1. The Morgan fingerprint density at radius 1 is 1.15 bits per heavy atom. The summed E-state index contributed by atoms with van der Waals surface area (Å²) in [6, 6.07) is 1.98. The van der Waals surface area contributed by atoms with Gasteiger partial charge in [0.1, 0.15) is 0 Å². The number of hydrogen-bond donors (Lipinski definition) is 0. The highest BCUT2D eigenvalue weighted by molar-refractivity contribution is 5.76. The minimum atomic E-state index is 0.274. The van der Waals surface area contributed by atoms with Crippen LogP contribution in [-0.4, -0.2) is 47.0 Å². The Morgan fingerprint density at radius 2 is 1.85 bits per heavy atom. The summed E-state index contributed by atoms with van der Waals surface area (Å²) in [6.45, 7) is 9.39. The topological polar surface area (TPSA) is 49.3 Å². The molecule has 1 aliphatic heterocycles. The van der Waals surface area contributed by atoms with Crippen LogP contribution in [0.25, 0.3) is 0 Å². The molecule has 5 nitrogen and oxygen atoms in total. The number of amides is 1. The van der Waals surface area contributed by atoms with Crippen LogP contribution < -0.4 is 4.90 Å². The zero-order valence-electron chi connectivity index (χ0n) is 12.7. The van der Waals surface area contributed by atoms with Crippen molar-refractivity contribution in [3.05, 3.63) is 17.5 Å². The van der Waals surface area contributed by atoms with Gasteiger partial charge in [-0.2, -0.15) is 0 Å². The van der Waals surface area contributed by atoms with E-state index in [9.17, 15) is 4.79 Å². The highest BCUT2D eigenvalue weighted by Gasteiger charge is 2.20. The molecule has 0 N–H and O–H groups in total. The van der Waals surface area contributed by atoms with Gasteiger partial charge in [0.05, 0.1) is 0 Å². The first-order valence-corrected chi connectivity index (χ1v) is 7.45. The molecule has 1 fully saturated rings. The van der Waals surface area contributed by atoms with Crippen molar-refractivity contribution in [1.82, 2.24) is 14.9 Å². The summed E-state index contributed by atoms with van der Waals surface area (Å²) in [7, 11) is 0. The highest BCUT2D eigenvalue weighted by Crippen LogP contribution is 2.13. The Kier molecular flexibility index (Phi) is 4.93. The average molecular weight is 276 g/mol. The standard InChI is InChI=1S/C15H24N4O/c1-4-6-14(20)18-7-5-8-19(10-9-18)15-16-12(2)11-13(3)17-15/h11H,4-10H2,1-3H3. The van der Waals surface area contributed by atoms with Gasteiger partial charge in [0.2, 0.25) is 11.9 Å². The molecule has 0 radical (unpaired) electrons. The third-order valence-corrected chi connectivity index (χ3v) is 3.57. The fourth-order valence-electron chi connectivity index (χ4n) is 2.59. The molecule has 2 heterocycles. The Balaban J connectivity index is 2.03. The lowest BCUT2D eigenvalue weighted by Gasteiger charge is -2.22. The summed E-state index contributed by atoms with van der Waals surface area (Å²) in [5, 5.41) is 0. The lowest BCUT2D eigenvalue weighted by atomic mass is 10.3. The van der Waals surface area contributed by atoms with E-state index >= 15 is 0 Å². The molecule has 0 bridgehead atoms. The van der Waals surface area contributed by atoms with Crippen LogP contribution in [-0.2, 0) is 4.79 Å². The van der Waals surface area contributed by atoms with Crippen LogP contribution in [0.5, 0.6) is 0 Å². The van der Waals surface area contributed by atoms with Gasteiger partial charge in [-0.3, -0.25) is 4.79 Å². The van der Waals surface area contributed by atoms with Gasteiger partial charge in [0.15, 0.2) is 0 Å². The summed E-state index contributed by atoms with van der Waals surface area (Å²) < 4.78 is 0. The summed E-state index contributed by atoms with van der Waals surface area (Å²) in [6.07, 6.45) is 2.55. The molecule has 0 saturated carbocycles. The number of aromatic nitrogens is 2. The second-order valence-electron chi connectivity index (χ2n) is 5.42. The largest absolute Gasteiger partial charge is 0.341 e. The van der Waals surface area contributed by atoms with E-state index in [1.165, 1.54) is 0 Å². The second-order valence-corrected chi connectivity index (χ2v) is 5.42. The van der Waals surface area contributed by atoms with Gasteiger partial charge in [0.25, 0.3) is 0 Å². The molecule has 0 aromatic carbocycles. The van der Waals surface area contributed by atoms with Crippen LogP contribution >= 0.6 is 0 Å². The number of rotatable bonds is 3. The normalized spacial score (nSPS) is 16.1. The molecule has 1 aromatic rings. The van der Waals surface area contributed by atoms with E-state index in [-0.39, 0.29) is 5.91 Å². The van der Waals surface area contributed by atoms with Crippen molar-refractivity contribution in [3.63, 3.8) is 0 Å². The molecule has 0 spiro atoms. The minimum absolute atomic E-state index is 0.274. The van der Waals surface area contributed by atoms with Crippen LogP contribution in [0.4, 0.5) is 5.95 Å². The first-order valence-electron chi connectivity index (χ1n) is 7.45. The maximum absolute atomic E-state index is 12.0. The fourth-order valence-corrected chi connectivity index (χ4v) is 2.59. The zero-order chi connectivity index (χ0) is 14.5. The van der Waals surface area contributed by atoms with E-state index in [0.29, 0.717) is 6.42 Å². The van der Waals surface area contributed by atoms with Gasteiger partial charge in [0, 0.05) is 44.0 Å². The van der Waals surface area contributed by atoms with E-state index in [4.69, 9.17) is 0 Å². The number of anilines is 1. The van der Waals surface area contributed by atoms with Gasteiger partial charge in [-0.05, 0) is 32.8 Å². The molecule has 0 atom stereocenters. The quantitative estimate of drug-likeness (QED) is 0.846. The number of carbonyl (C=O) groups is 1. The van der Waals surface area contributed by atoms with E-state index < -0.39 is 0 Å².